The molecule has 2 fully saturated rings. The van der Waals surface area contributed by atoms with Crippen LogP contribution < -0.4 is 10.6 Å². The number of rotatable bonds is 11. The van der Waals surface area contributed by atoms with Crippen molar-refractivity contribution in [1.82, 2.24) is 29.8 Å². The highest BCUT2D eigenvalue weighted by atomic mass is 16.2. The summed E-state index contributed by atoms with van der Waals surface area (Å²) in [6.07, 6.45) is 5.50. The standard InChI is InChI=1S/C32H52N6O2/c1-9-23-17-25(32(23,5)6)22(2)19-34-30(40)26-11-10-12-28-35-24(20-38(26)28)18-29(39)37(16-15-36(7)8)27-13-14-33-21-31(27,3)4/h10-12,20,22-23,25,27,33H,9,13-19,21H2,1-8H3,(H,34,40)/t22-,23+,25+,27?/m0/s1. The van der Waals surface area contributed by atoms with Crippen LogP contribution in [0.5, 0.6) is 0 Å². The van der Waals surface area contributed by atoms with Crippen LogP contribution in [-0.2, 0) is 11.2 Å². The molecule has 4 rings (SSSR count). The third-order valence-electron chi connectivity index (χ3n) is 9.98. The number of nitrogens with zero attached hydrogens (tertiary/aromatic N) is 4. The molecule has 2 amide bonds. The molecule has 0 aromatic carbocycles. The topological polar surface area (TPSA) is 82.0 Å². The fraction of sp³-hybridized carbons (Fsp3) is 0.719. The number of carbonyl (C=O) groups excluding carboxylic acids is 2. The van der Waals surface area contributed by atoms with Gasteiger partial charge in [0, 0.05) is 38.4 Å². The zero-order valence-corrected chi connectivity index (χ0v) is 26.1. The minimum absolute atomic E-state index is 0.00627. The summed E-state index contributed by atoms with van der Waals surface area (Å²) in [5.41, 5.74) is 2.26. The van der Waals surface area contributed by atoms with Gasteiger partial charge in [0.25, 0.3) is 5.91 Å². The highest BCUT2D eigenvalue weighted by Crippen LogP contribution is 2.55. The van der Waals surface area contributed by atoms with E-state index in [4.69, 9.17) is 4.98 Å². The van der Waals surface area contributed by atoms with Gasteiger partial charge in [-0.25, -0.2) is 4.98 Å². The molecule has 222 valence electrons. The van der Waals surface area contributed by atoms with Crippen molar-refractivity contribution in [2.24, 2.45) is 28.6 Å². The van der Waals surface area contributed by atoms with Crippen molar-refractivity contribution >= 4 is 17.5 Å². The predicted molar refractivity (Wildman–Crippen MR) is 161 cm³/mol. The SMILES string of the molecule is CC[C@@H]1C[C@H]([C@@H](C)CNC(=O)c2cccc3nc(CC(=O)N(CCN(C)C)C4CCNCC4(C)C)cn23)C1(C)C. The zero-order valence-electron chi connectivity index (χ0n) is 26.1. The molecule has 8 nitrogen and oxygen atoms in total. The van der Waals surface area contributed by atoms with Gasteiger partial charge in [-0.1, -0.05) is 54.0 Å². The van der Waals surface area contributed by atoms with Gasteiger partial charge in [0.15, 0.2) is 0 Å². The van der Waals surface area contributed by atoms with Crippen molar-refractivity contribution in [3.8, 4) is 0 Å². The molecule has 3 heterocycles. The van der Waals surface area contributed by atoms with E-state index in [0.29, 0.717) is 47.4 Å². The number of nitrogens with one attached hydrogen (secondary N) is 2. The lowest BCUT2D eigenvalue weighted by atomic mass is 9.51. The van der Waals surface area contributed by atoms with E-state index in [2.05, 4.69) is 62.0 Å². The summed E-state index contributed by atoms with van der Waals surface area (Å²) < 4.78 is 1.83. The molecule has 0 radical (unpaired) electrons. The van der Waals surface area contributed by atoms with Gasteiger partial charge >= 0.3 is 0 Å². The molecular formula is C32H52N6O2. The van der Waals surface area contributed by atoms with Crippen molar-refractivity contribution < 1.29 is 9.59 Å². The molecule has 2 N–H and O–H groups in total. The first-order chi connectivity index (χ1) is 18.8. The summed E-state index contributed by atoms with van der Waals surface area (Å²) in [5.74, 6) is 1.82. The van der Waals surface area contributed by atoms with Crippen LogP contribution in [0.15, 0.2) is 24.4 Å². The van der Waals surface area contributed by atoms with Crippen LogP contribution in [0.3, 0.4) is 0 Å². The zero-order chi connectivity index (χ0) is 29.2. The first kappa shape index (κ1) is 30.5. The average molecular weight is 553 g/mol. The van der Waals surface area contributed by atoms with Crippen LogP contribution >= 0.6 is 0 Å². The van der Waals surface area contributed by atoms with Crippen LogP contribution in [0.2, 0.25) is 0 Å². The Bertz CT molecular complexity index is 1190. The lowest BCUT2D eigenvalue weighted by Gasteiger charge is -2.55. The molecule has 1 aliphatic carbocycles. The van der Waals surface area contributed by atoms with Crippen LogP contribution in [0.4, 0.5) is 0 Å². The molecule has 4 atom stereocenters. The molecule has 40 heavy (non-hydrogen) atoms. The molecule has 0 bridgehead atoms. The first-order valence-corrected chi connectivity index (χ1v) is 15.2. The lowest BCUT2D eigenvalue weighted by molar-refractivity contribution is -0.136. The summed E-state index contributed by atoms with van der Waals surface area (Å²) in [6, 6.07) is 5.78. The van der Waals surface area contributed by atoms with Crippen LogP contribution in [-0.4, -0.2) is 83.9 Å². The number of carbonyl (C=O) groups is 2. The number of likely N-dealkylation sites (N-methyl/N-ethyl adjacent to an activating group) is 1. The van der Waals surface area contributed by atoms with E-state index in [9.17, 15) is 9.59 Å². The number of hydrogen-bond donors (Lipinski definition) is 2. The van der Waals surface area contributed by atoms with Crippen LogP contribution in [0.1, 0.15) is 77.0 Å². The van der Waals surface area contributed by atoms with Crippen molar-refractivity contribution in [3.63, 3.8) is 0 Å². The Morgan fingerprint density at radius 1 is 1.20 bits per heavy atom. The quantitative estimate of drug-likeness (QED) is 0.439. The fourth-order valence-corrected chi connectivity index (χ4v) is 7.29. The number of pyridine rings is 1. The summed E-state index contributed by atoms with van der Waals surface area (Å²) in [5, 5.41) is 6.67. The largest absolute Gasteiger partial charge is 0.350 e. The molecule has 1 saturated carbocycles. The van der Waals surface area contributed by atoms with Crippen molar-refractivity contribution in [3.05, 3.63) is 35.8 Å². The number of fused-ring (bicyclic) bond motifs is 1. The maximum atomic E-state index is 13.7. The maximum absolute atomic E-state index is 13.7. The number of amides is 2. The van der Waals surface area contributed by atoms with Gasteiger partial charge in [0.2, 0.25) is 5.91 Å². The Balaban J connectivity index is 1.46. The molecule has 1 saturated heterocycles. The van der Waals surface area contributed by atoms with Crippen molar-refractivity contribution in [2.75, 3.05) is 46.8 Å². The van der Waals surface area contributed by atoms with E-state index in [1.54, 1.807) is 0 Å². The number of piperidine rings is 1. The van der Waals surface area contributed by atoms with Gasteiger partial charge < -0.3 is 20.4 Å². The lowest BCUT2D eigenvalue weighted by Crippen LogP contribution is -2.57. The highest BCUT2D eigenvalue weighted by Gasteiger charge is 2.48. The van der Waals surface area contributed by atoms with E-state index < -0.39 is 0 Å². The number of aromatic nitrogens is 2. The molecular weight excluding hydrogens is 500 g/mol. The minimum atomic E-state index is -0.0963. The first-order valence-electron chi connectivity index (χ1n) is 15.2. The Labute approximate surface area is 241 Å². The Morgan fingerprint density at radius 2 is 1.95 bits per heavy atom. The maximum Gasteiger partial charge on any atom is 0.268 e. The Morgan fingerprint density at radius 3 is 2.60 bits per heavy atom. The van der Waals surface area contributed by atoms with Gasteiger partial charge in [-0.2, -0.15) is 0 Å². The molecule has 0 spiro atoms. The number of hydrogen-bond acceptors (Lipinski definition) is 5. The van der Waals surface area contributed by atoms with E-state index in [0.717, 1.165) is 32.0 Å². The summed E-state index contributed by atoms with van der Waals surface area (Å²) >= 11 is 0. The second-order valence-corrected chi connectivity index (χ2v) is 13.9. The van der Waals surface area contributed by atoms with E-state index in [1.165, 1.54) is 12.8 Å². The van der Waals surface area contributed by atoms with E-state index in [-0.39, 0.29) is 29.7 Å². The van der Waals surface area contributed by atoms with Gasteiger partial charge in [-0.3, -0.25) is 14.0 Å². The Hall–Kier alpha value is -2.45. The summed E-state index contributed by atoms with van der Waals surface area (Å²) in [4.78, 5) is 36.0. The van der Waals surface area contributed by atoms with E-state index >= 15 is 0 Å². The third-order valence-corrected chi connectivity index (χ3v) is 9.98. The molecule has 2 aliphatic rings. The van der Waals surface area contributed by atoms with Gasteiger partial charge in [-0.15, -0.1) is 0 Å². The second kappa shape index (κ2) is 12.2. The van der Waals surface area contributed by atoms with Crippen LogP contribution in [0, 0.1) is 28.6 Å². The Kier molecular flexibility index (Phi) is 9.30. The number of imidazole rings is 1. The molecule has 2 aromatic rings. The molecule has 2 aromatic heterocycles. The van der Waals surface area contributed by atoms with Gasteiger partial charge in [0.1, 0.15) is 11.3 Å². The molecule has 8 heteroatoms. The van der Waals surface area contributed by atoms with Gasteiger partial charge in [0.05, 0.1) is 12.1 Å². The smallest absolute Gasteiger partial charge is 0.268 e. The fourth-order valence-electron chi connectivity index (χ4n) is 7.29. The minimum Gasteiger partial charge on any atom is -0.350 e. The van der Waals surface area contributed by atoms with Crippen molar-refractivity contribution in [2.45, 2.75) is 73.3 Å². The summed E-state index contributed by atoms with van der Waals surface area (Å²) in [6.45, 7) is 17.7. The molecule has 1 aliphatic heterocycles. The predicted octanol–water partition coefficient (Wildman–Crippen LogP) is 4.09. The van der Waals surface area contributed by atoms with Crippen LogP contribution in [0.25, 0.3) is 5.65 Å². The summed E-state index contributed by atoms with van der Waals surface area (Å²) in [7, 11) is 4.08. The van der Waals surface area contributed by atoms with Gasteiger partial charge in [-0.05, 0) is 74.2 Å². The highest BCUT2D eigenvalue weighted by molar-refractivity contribution is 5.93. The average Bonchev–Trinajstić information content (AvgIpc) is 3.30. The van der Waals surface area contributed by atoms with E-state index in [1.807, 2.05) is 42.9 Å². The second-order valence-electron chi connectivity index (χ2n) is 13.9. The normalized spacial score (nSPS) is 24.5. The third kappa shape index (κ3) is 6.38. The molecule has 1 unspecified atom stereocenters. The monoisotopic (exact) mass is 552 g/mol. The van der Waals surface area contributed by atoms with Crippen molar-refractivity contribution in [1.29, 1.82) is 0 Å².